The van der Waals surface area contributed by atoms with E-state index >= 15 is 0 Å². The van der Waals surface area contributed by atoms with Crippen LogP contribution in [0.15, 0.2) is 46.9 Å². The highest BCUT2D eigenvalue weighted by Crippen LogP contribution is 2.51. The number of carbonyl (C=O) groups excluding carboxylic acids is 1. The predicted molar refractivity (Wildman–Crippen MR) is 150 cm³/mol. The molecule has 41 heavy (non-hydrogen) atoms. The van der Waals surface area contributed by atoms with Gasteiger partial charge in [0, 0.05) is 54.2 Å². The molecule has 10 heteroatoms. The number of Topliss-reactive ketones (excluding diaryl/α,β-unsaturated/α-hetero) is 1. The first-order chi connectivity index (χ1) is 19.7. The van der Waals surface area contributed by atoms with Crippen molar-refractivity contribution in [3.05, 3.63) is 59.9 Å². The summed E-state index contributed by atoms with van der Waals surface area (Å²) in [5.41, 5.74) is 1.76. The fourth-order valence-electron chi connectivity index (χ4n) is 6.17. The molecule has 0 N–H and O–H groups in total. The fraction of sp³-hybridized carbons (Fsp3) is 0.452. The number of nitriles is 1. The lowest BCUT2D eigenvalue weighted by atomic mass is 9.73. The van der Waals surface area contributed by atoms with Crippen molar-refractivity contribution in [1.29, 1.82) is 5.26 Å². The number of sulfone groups is 1. The van der Waals surface area contributed by atoms with Gasteiger partial charge in [0.1, 0.15) is 28.9 Å². The van der Waals surface area contributed by atoms with Crippen LogP contribution in [0, 0.1) is 34.3 Å². The molecule has 214 valence electrons. The van der Waals surface area contributed by atoms with Gasteiger partial charge in [-0.1, -0.05) is 25.0 Å². The topological polar surface area (TPSA) is 104 Å². The number of rotatable bonds is 7. The molecule has 0 amide bonds. The monoisotopic (exact) mass is 579 g/mol. The van der Waals surface area contributed by atoms with Crippen molar-refractivity contribution in [1.82, 2.24) is 4.98 Å². The number of hydrogen-bond donors (Lipinski definition) is 0. The highest BCUT2D eigenvalue weighted by molar-refractivity contribution is 7.91. The van der Waals surface area contributed by atoms with Crippen LogP contribution in [0.5, 0.6) is 0 Å². The second-order valence-corrected chi connectivity index (χ2v) is 13.9. The van der Waals surface area contributed by atoms with Crippen LogP contribution in [0.2, 0.25) is 0 Å². The van der Waals surface area contributed by atoms with E-state index in [2.05, 4.69) is 6.07 Å². The first-order valence-corrected chi connectivity index (χ1v) is 15.9. The van der Waals surface area contributed by atoms with E-state index < -0.39 is 26.9 Å². The van der Waals surface area contributed by atoms with Gasteiger partial charge in [0.05, 0.1) is 23.0 Å². The van der Waals surface area contributed by atoms with Crippen LogP contribution >= 0.6 is 0 Å². The molecule has 0 unspecified atom stereocenters. The van der Waals surface area contributed by atoms with E-state index in [1.54, 1.807) is 0 Å². The molecule has 3 aliphatic rings. The van der Waals surface area contributed by atoms with Gasteiger partial charge in [-0.25, -0.2) is 22.2 Å². The minimum absolute atomic E-state index is 0.0600. The fourth-order valence-corrected chi connectivity index (χ4v) is 7.37. The Morgan fingerprint density at radius 1 is 1.02 bits per heavy atom. The molecule has 0 bridgehead atoms. The zero-order valence-electron chi connectivity index (χ0n) is 22.6. The van der Waals surface area contributed by atoms with Gasteiger partial charge < -0.3 is 9.32 Å². The second kappa shape index (κ2) is 10.7. The van der Waals surface area contributed by atoms with Crippen LogP contribution < -0.4 is 4.90 Å². The molecule has 3 aromatic rings. The van der Waals surface area contributed by atoms with E-state index in [4.69, 9.17) is 9.40 Å². The molecule has 1 aromatic heterocycles. The predicted octanol–water partition coefficient (Wildman–Crippen LogP) is 6.06. The van der Waals surface area contributed by atoms with Crippen LogP contribution in [0.4, 0.5) is 14.5 Å². The molecule has 2 aliphatic carbocycles. The molecule has 0 spiro atoms. The minimum atomic E-state index is -3.01. The summed E-state index contributed by atoms with van der Waals surface area (Å²) in [4.78, 5) is 20.2. The zero-order valence-corrected chi connectivity index (χ0v) is 23.4. The molecule has 6 rings (SSSR count). The standard InChI is InChI=1S/C31H31F2N3O4S/c32-22-15-21(16-23(33)17-22)30-35-28(20-5-7-24(8-6-20)36-11-13-41(38,39)14-12-36)29(40-30)26-4-2-1-3-25(26)27(37)18-31(19-34)9-10-31/h5-8,15-17,25-26H,1-4,9-14,18H2/t25-,26-/m1/s1. The van der Waals surface area contributed by atoms with Crippen molar-refractivity contribution < 1.29 is 26.4 Å². The number of ketones is 1. The normalized spacial score (nSPS) is 23.1. The molecule has 3 fully saturated rings. The van der Waals surface area contributed by atoms with Crippen molar-refractivity contribution in [2.75, 3.05) is 29.5 Å². The van der Waals surface area contributed by atoms with Gasteiger partial charge in [0.2, 0.25) is 5.89 Å². The second-order valence-electron chi connectivity index (χ2n) is 11.6. The third-order valence-electron chi connectivity index (χ3n) is 8.73. The number of benzene rings is 2. The first-order valence-electron chi connectivity index (χ1n) is 14.1. The molecule has 1 saturated heterocycles. The summed E-state index contributed by atoms with van der Waals surface area (Å²) in [5, 5.41) is 9.57. The van der Waals surface area contributed by atoms with Crippen LogP contribution in [-0.4, -0.2) is 43.8 Å². The van der Waals surface area contributed by atoms with Crippen molar-refractivity contribution in [2.45, 2.75) is 50.9 Å². The lowest BCUT2D eigenvalue weighted by Crippen LogP contribution is -2.40. The summed E-state index contributed by atoms with van der Waals surface area (Å²) in [6.07, 6.45) is 4.91. The number of halogens is 2. The smallest absolute Gasteiger partial charge is 0.227 e. The molecule has 7 nitrogen and oxygen atoms in total. The lowest BCUT2D eigenvalue weighted by molar-refractivity contribution is -0.125. The number of hydrogen-bond acceptors (Lipinski definition) is 7. The summed E-state index contributed by atoms with van der Waals surface area (Å²) in [5.74, 6) is -1.21. The van der Waals surface area contributed by atoms with Crippen molar-refractivity contribution in [3.8, 4) is 28.8 Å². The van der Waals surface area contributed by atoms with Crippen molar-refractivity contribution in [2.24, 2.45) is 11.3 Å². The Morgan fingerprint density at radius 2 is 1.68 bits per heavy atom. The molecule has 2 atom stereocenters. The van der Waals surface area contributed by atoms with E-state index in [-0.39, 0.29) is 47.0 Å². The zero-order chi connectivity index (χ0) is 28.8. The summed E-state index contributed by atoms with van der Waals surface area (Å²) in [6.45, 7) is 0.838. The third kappa shape index (κ3) is 5.78. The Hall–Kier alpha value is -3.58. The quantitative estimate of drug-likeness (QED) is 0.335. The van der Waals surface area contributed by atoms with Gasteiger partial charge in [0.15, 0.2) is 9.84 Å². The number of oxazole rings is 1. The van der Waals surface area contributed by atoms with Crippen molar-refractivity contribution in [3.63, 3.8) is 0 Å². The molecule has 0 radical (unpaired) electrons. The highest BCUT2D eigenvalue weighted by Gasteiger charge is 2.47. The number of anilines is 1. The summed E-state index contributed by atoms with van der Waals surface area (Å²) in [7, 11) is -3.01. The average molecular weight is 580 g/mol. The Labute approximate surface area is 238 Å². The number of carbonyl (C=O) groups is 1. The minimum Gasteiger partial charge on any atom is -0.440 e. The lowest BCUT2D eigenvalue weighted by Gasteiger charge is -2.30. The molecule has 2 aromatic carbocycles. The van der Waals surface area contributed by atoms with Crippen LogP contribution in [-0.2, 0) is 14.6 Å². The summed E-state index contributed by atoms with van der Waals surface area (Å²) in [6, 6.07) is 13.0. The molecular formula is C31H31F2N3O4S. The van der Waals surface area contributed by atoms with Gasteiger partial charge in [-0.15, -0.1) is 0 Å². The summed E-state index contributed by atoms with van der Waals surface area (Å²) < 4.78 is 58.2. The number of aromatic nitrogens is 1. The Morgan fingerprint density at radius 3 is 2.32 bits per heavy atom. The maximum absolute atomic E-state index is 14.1. The molecule has 1 aliphatic heterocycles. The van der Waals surface area contributed by atoms with Crippen LogP contribution in [0.1, 0.15) is 56.6 Å². The van der Waals surface area contributed by atoms with E-state index in [9.17, 15) is 27.3 Å². The van der Waals surface area contributed by atoms with Gasteiger partial charge in [-0.2, -0.15) is 5.26 Å². The largest absolute Gasteiger partial charge is 0.440 e. The van der Waals surface area contributed by atoms with E-state index in [1.807, 2.05) is 29.2 Å². The maximum Gasteiger partial charge on any atom is 0.227 e. The molecule has 2 heterocycles. The van der Waals surface area contributed by atoms with Crippen molar-refractivity contribution >= 4 is 21.3 Å². The Bertz CT molecular complexity index is 1590. The Kier molecular flexibility index (Phi) is 7.18. The highest BCUT2D eigenvalue weighted by atomic mass is 32.2. The first kappa shape index (κ1) is 27.6. The van der Waals surface area contributed by atoms with E-state index in [0.717, 1.165) is 43.0 Å². The maximum atomic E-state index is 14.1. The van der Waals surface area contributed by atoms with Gasteiger partial charge in [-0.3, -0.25) is 4.79 Å². The van der Waals surface area contributed by atoms with Gasteiger partial charge in [0.25, 0.3) is 0 Å². The van der Waals surface area contributed by atoms with Crippen LogP contribution in [0.3, 0.4) is 0 Å². The summed E-state index contributed by atoms with van der Waals surface area (Å²) >= 11 is 0. The number of nitrogens with zero attached hydrogens (tertiary/aromatic N) is 3. The average Bonchev–Trinajstić information content (AvgIpc) is 3.59. The van der Waals surface area contributed by atoms with E-state index in [1.165, 1.54) is 12.1 Å². The third-order valence-corrected chi connectivity index (χ3v) is 10.3. The van der Waals surface area contributed by atoms with E-state index in [0.29, 0.717) is 37.4 Å². The van der Waals surface area contributed by atoms with Gasteiger partial charge in [-0.05, 0) is 49.9 Å². The molecular weight excluding hydrogens is 548 g/mol. The molecule has 2 saturated carbocycles. The SMILES string of the molecule is N#CC1(CC(=O)[C@@H]2CCCC[C@H]2c2oc(-c3cc(F)cc(F)c3)nc2-c2ccc(N3CCS(=O)(=O)CC3)cc2)CC1. The van der Waals surface area contributed by atoms with Crippen LogP contribution in [0.25, 0.3) is 22.7 Å². The van der Waals surface area contributed by atoms with Gasteiger partial charge >= 0.3 is 0 Å². The Balaban J connectivity index is 1.37.